The summed E-state index contributed by atoms with van der Waals surface area (Å²) in [5.74, 6) is -0.944. The van der Waals surface area contributed by atoms with Gasteiger partial charge in [0, 0.05) is 32.4 Å². The third-order valence-electron chi connectivity index (χ3n) is 6.73. The normalized spacial score (nSPS) is 18.9. The van der Waals surface area contributed by atoms with E-state index in [1.165, 1.54) is 0 Å². The first-order valence-electron chi connectivity index (χ1n) is 11.8. The molecule has 1 unspecified atom stereocenters. The number of piperazine rings is 1. The highest BCUT2D eigenvalue weighted by Crippen LogP contribution is 2.28. The number of anilines is 3. The number of amides is 2. The number of hydrogen-bond acceptors (Lipinski definition) is 8. The third kappa shape index (κ3) is 4.36. The van der Waals surface area contributed by atoms with Crippen LogP contribution in [0.15, 0.2) is 30.9 Å². The Morgan fingerprint density at radius 3 is 2.77 bits per heavy atom. The lowest BCUT2D eigenvalue weighted by molar-refractivity contribution is -0.136. The van der Waals surface area contributed by atoms with E-state index in [2.05, 4.69) is 37.1 Å². The minimum Gasteiger partial charge on any atom is -0.381 e. The summed E-state index contributed by atoms with van der Waals surface area (Å²) in [4.78, 5) is 40.6. The summed E-state index contributed by atoms with van der Waals surface area (Å²) >= 11 is 0. The lowest BCUT2D eigenvalue weighted by Gasteiger charge is -2.38. The van der Waals surface area contributed by atoms with E-state index in [0.29, 0.717) is 31.9 Å². The first kappa shape index (κ1) is 23.0. The van der Waals surface area contributed by atoms with E-state index in [9.17, 15) is 14.0 Å². The van der Waals surface area contributed by atoms with E-state index in [4.69, 9.17) is 5.73 Å². The Morgan fingerprint density at radius 2 is 2.00 bits per heavy atom. The second-order valence-corrected chi connectivity index (χ2v) is 8.75. The number of carbonyl (C=O) groups is 2. The van der Waals surface area contributed by atoms with Crippen LogP contribution in [0.4, 0.5) is 21.6 Å². The Kier molecular flexibility index (Phi) is 6.20. The predicted octanol–water partition coefficient (Wildman–Crippen LogP) is 1.23. The number of rotatable bonds is 5. The van der Waals surface area contributed by atoms with Crippen molar-refractivity contribution in [2.24, 2.45) is 0 Å². The van der Waals surface area contributed by atoms with Gasteiger partial charge in [-0.3, -0.25) is 19.5 Å². The summed E-state index contributed by atoms with van der Waals surface area (Å²) in [5.41, 5.74) is 7.46. The van der Waals surface area contributed by atoms with Crippen LogP contribution in [-0.4, -0.2) is 86.5 Å². The van der Waals surface area contributed by atoms with Gasteiger partial charge in [0.2, 0.25) is 5.91 Å². The SMILES string of the molecule is CCN1CCCC1C(=O)N1CCN(c2ccncc2NC(=O)c2c(N)nn3cc(F)cnc23)CC1. The molecule has 0 spiro atoms. The molecule has 2 fully saturated rings. The monoisotopic (exact) mass is 481 g/mol. The van der Waals surface area contributed by atoms with Crippen molar-refractivity contribution >= 4 is 34.7 Å². The number of pyridine rings is 1. The van der Waals surface area contributed by atoms with Crippen LogP contribution in [0.3, 0.4) is 0 Å². The average Bonchev–Trinajstić information content (AvgIpc) is 3.47. The van der Waals surface area contributed by atoms with E-state index >= 15 is 0 Å². The standard InChI is InChI=1S/C23H28FN9O2/c1-2-30-7-3-4-18(30)23(35)32-10-8-31(9-11-32)17-5-6-26-13-16(17)28-22(34)19-20(25)29-33-14-15(24)12-27-21(19)33/h5-6,12-14,18H,2-4,7-11H2,1H3,(H2,25,29)(H,28,34). The molecule has 0 radical (unpaired) electrons. The van der Waals surface area contributed by atoms with Crippen LogP contribution in [0, 0.1) is 5.82 Å². The zero-order valence-corrected chi connectivity index (χ0v) is 19.5. The molecule has 1 atom stereocenters. The molecular weight excluding hydrogens is 453 g/mol. The predicted molar refractivity (Wildman–Crippen MR) is 129 cm³/mol. The van der Waals surface area contributed by atoms with Crippen LogP contribution >= 0.6 is 0 Å². The molecule has 0 saturated carbocycles. The quantitative estimate of drug-likeness (QED) is 0.558. The van der Waals surface area contributed by atoms with Crippen LogP contribution in [0.1, 0.15) is 30.1 Å². The van der Waals surface area contributed by atoms with Gasteiger partial charge in [-0.05, 0) is 32.0 Å². The molecule has 2 aliphatic rings. The molecule has 3 N–H and O–H groups in total. The highest BCUT2D eigenvalue weighted by Gasteiger charge is 2.34. The smallest absolute Gasteiger partial charge is 0.263 e. The highest BCUT2D eigenvalue weighted by molar-refractivity contribution is 6.12. The van der Waals surface area contributed by atoms with Crippen molar-refractivity contribution in [2.75, 3.05) is 55.2 Å². The Bertz CT molecular complexity index is 1260. The fraction of sp³-hybridized carbons (Fsp3) is 0.435. The highest BCUT2D eigenvalue weighted by atomic mass is 19.1. The van der Waals surface area contributed by atoms with Gasteiger partial charge in [-0.2, -0.15) is 0 Å². The molecule has 184 valence electrons. The summed E-state index contributed by atoms with van der Waals surface area (Å²) in [7, 11) is 0. The average molecular weight is 482 g/mol. The number of likely N-dealkylation sites (tertiary alicyclic amines) is 1. The number of nitrogens with two attached hydrogens (primary N) is 1. The van der Waals surface area contributed by atoms with Crippen molar-refractivity contribution in [3.8, 4) is 0 Å². The number of nitrogens with one attached hydrogen (secondary N) is 1. The molecule has 3 aromatic rings. The van der Waals surface area contributed by atoms with E-state index in [1.807, 2.05) is 11.0 Å². The van der Waals surface area contributed by atoms with E-state index in [-0.39, 0.29) is 29.0 Å². The van der Waals surface area contributed by atoms with Crippen LogP contribution in [-0.2, 0) is 4.79 Å². The molecule has 5 heterocycles. The topological polar surface area (TPSA) is 125 Å². The zero-order valence-electron chi connectivity index (χ0n) is 19.5. The lowest BCUT2D eigenvalue weighted by Crippen LogP contribution is -2.53. The van der Waals surface area contributed by atoms with Crippen LogP contribution in [0.2, 0.25) is 0 Å². The van der Waals surface area contributed by atoms with Gasteiger partial charge < -0.3 is 20.9 Å². The number of fused-ring (bicyclic) bond motifs is 1. The fourth-order valence-corrected chi connectivity index (χ4v) is 4.95. The van der Waals surface area contributed by atoms with E-state index in [0.717, 1.165) is 48.5 Å². The summed E-state index contributed by atoms with van der Waals surface area (Å²) in [6, 6.07) is 1.82. The molecule has 0 aliphatic carbocycles. The molecule has 12 heteroatoms. The van der Waals surface area contributed by atoms with Gasteiger partial charge in [-0.15, -0.1) is 5.10 Å². The largest absolute Gasteiger partial charge is 0.381 e. The van der Waals surface area contributed by atoms with Gasteiger partial charge in [-0.25, -0.2) is 13.9 Å². The van der Waals surface area contributed by atoms with Gasteiger partial charge in [0.05, 0.1) is 36.0 Å². The fourth-order valence-electron chi connectivity index (χ4n) is 4.95. The Balaban J connectivity index is 1.29. The van der Waals surface area contributed by atoms with E-state index < -0.39 is 11.7 Å². The van der Waals surface area contributed by atoms with Gasteiger partial charge in [-0.1, -0.05) is 6.92 Å². The zero-order chi connectivity index (χ0) is 24.5. The first-order valence-corrected chi connectivity index (χ1v) is 11.8. The molecule has 35 heavy (non-hydrogen) atoms. The van der Waals surface area contributed by atoms with Crippen molar-refractivity contribution in [1.29, 1.82) is 0 Å². The number of nitrogen functional groups attached to an aromatic ring is 1. The number of carbonyl (C=O) groups excluding carboxylic acids is 2. The van der Waals surface area contributed by atoms with Gasteiger partial charge in [0.1, 0.15) is 5.56 Å². The van der Waals surface area contributed by atoms with Gasteiger partial charge in [0.15, 0.2) is 17.3 Å². The van der Waals surface area contributed by atoms with E-state index in [1.54, 1.807) is 12.4 Å². The molecule has 2 aliphatic heterocycles. The lowest BCUT2D eigenvalue weighted by atomic mass is 10.1. The Labute approximate surface area is 201 Å². The number of hydrogen-bond donors (Lipinski definition) is 2. The maximum Gasteiger partial charge on any atom is 0.263 e. The summed E-state index contributed by atoms with van der Waals surface area (Å²) < 4.78 is 14.6. The summed E-state index contributed by atoms with van der Waals surface area (Å²) in [6.45, 7) is 6.46. The molecular formula is C23H28FN9O2. The maximum absolute atomic E-state index is 13.5. The van der Waals surface area contributed by atoms with Crippen LogP contribution in [0.25, 0.3) is 5.65 Å². The first-order chi connectivity index (χ1) is 17.0. The molecule has 2 amide bonds. The molecule has 11 nitrogen and oxygen atoms in total. The third-order valence-corrected chi connectivity index (χ3v) is 6.73. The van der Waals surface area contributed by atoms with Gasteiger partial charge >= 0.3 is 0 Å². The number of nitrogens with zero attached hydrogens (tertiary/aromatic N) is 7. The second kappa shape index (κ2) is 9.45. The van der Waals surface area contributed by atoms with Crippen molar-refractivity contribution < 1.29 is 14.0 Å². The summed E-state index contributed by atoms with van der Waals surface area (Å²) in [6.07, 6.45) is 7.32. The number of likely N-dealkylation sites (N-methyl/N-ethyl adjacent to an activating group) is 1. The molecule has 5 rings (SSSR count). The van der Waals surface area contributed by atoms with Crippen molar-refractivity contribution in [2.45, 2.75) is 25.8 Å². The number of halogens is 1. The minimum absolute atomic E-state index is 0.0132. The Morgan fingerprint density at radius 1 is 1.20 bits per heavy atom. The maximum atomic E-state index is 13.5. The molecule has 2 saturated heterocycles. The van der Waals surface area contributed by atoms with Crippen LogP contribution < -0.4 is 16.0 Å². The Hall–Kier alpha value is -3.80. The van der Waals surface area contributed by atoms with Crippen molar-refractivity contribution in [3.05, 3.63) is 42.2 Å². The van der Waals surface area contributed by atoms with Crippen molar-refractivity contribution in [3.63, 3.8) is 0 Å². The number of aromatic nitrogens is 4. The molecule has 3 aromatic heterocycles. The second-order valence-electron chi connectivity index (χ2n) is 8.75. The van der Waals surface area contributed by atoms with Crippen LogP contribution in [0.5, 0.6) is 0 Å². The molecule has 0 bridgehead atoms. The molecule has 0 aromatic carbocycles. The van der Waals surface area contributed by atoms with Crippen molar-refractivity contribution in [1.82, 2.24) is 29.4 Å². The minimum atomic E-state index is -0.588. The van der Waals surface area contributed by atoms with Gasteiger partial charge in [0.25, 0.3) is 5.91 Å². The summed E-state index contributed by atoms with van der Waals surface area (Å²) in [5, 5.41) is 6.83.